The summed E-state index contributed by atoms with van der Waals surface area (Å²) in [6, 6.07) is 0.815. The van der Waals surface area contributed by atoms with Gasteiger partial charge in [0.1, 0.15) is 6.04 Å². The van der Waals surface area contributed by atoms with Gasteiger partial charge in [0.25, 0.3) is 5.91 Å². The number of nitro groups is 1. The number of pyridine rings is 1. The maximum Gasteiger partial charge on any atom is 0.253 e. The second-order valence-electron chi connectivity index (χ2n) is 5.19. The highest BCUT2D eigenvalue weighted by Crippen LogP contribution is 2.21. The molecule has 1 heterocycles. The summed E-state index contributed by atoms with van der Waals surface area (Å²) in [5.41, 5.74) is 0.328. The molecule has 8 nitrogen and oxygen atoms in total. The van der Waals surface area contributed by atoms with Crippen LogP contribution in [0.3, 0.4) is 0 Å². The first-order valence-corrected chi connectivity index (χ1v) is 7.09. The van der Waals surface area contributed by atoms with Crippen molar-refractivity contribution < 1.29 is 9.72 Å². The molecule has 1 N–H and O–H groups in total. The van der Waals surface area contributed by atoms with E-state index in [4.69, 9.17) is 0 Å². The quantitative estimate of drug-likeness (QED) is 0.448. The lowest BCUT2D eigenvalue weighted by atomic mass is 9.86. The molecule has 0 aliphatic carbocycles. The number of carbonyl (C=O) groups excluding carboxylic acids is 1. The molecule has 1 aromatic heterocycles. The molecule has 0 bridgehead atoms. The van der Waals surface area contributed by atoms with E-state index < -0.39 is 34.9 Å². The van der Waals surface area contributed by atoms with Gasteiger partial charge in [-0.2, -0.15) is 4.91 Å². The Balaban J connectivity index is 3.00. The lowest BCUT2D eigenvalue weighted by Crippen LogP contribution is -2.50. The molecule has 0 aliphatic heterocycles. The van der Waals surface area contributed by atoms with Crippen LogP contribution >= 0.6 is 0 Å². The normalized spacial score (nSPS) is 16.1. The van der Waals surface area contributed by atoms with Crippen LogP contribution in [-0.4, -0.2) is 33.9 Å². The van der Waals surface area contributed by atoms with Gasteiger partial charge < -0.3 is 5.32 Å². The van der Waals surface area contributed by atoms with E-state index >= 15 is 0 Å². The Morgan fingerprint density at radius 3 is 2.64 bits per heavy atom. The highest BCUT2D eigenvalue weighted by molar-refractivity contribution is 5.94. The monoisotopic (exact) mass is 308 g/mol. The Morgan fingerprint density at radius 2 is 2.18 bits per heavy atom. The van der Waals surface area contributed by atoms with Crippen molar-refractivity contribution in [3.63, 3.8) is 0 Å². The van der Waals surface area contributed by atoms with Crippen LogP contribution in [0, 0.1) is 20.9 Å². The summed E-state index contributed by atoms with van der Waals surface area (Å²) in [6.07, 6.45) is 3.37. The van der Waals surface area contributed by atoms with Crippen molar-refractivity contribution in [2.75, 3.05) is 0 Å². The average molecular weight is 308 g/mol. The van der Waals surface area contributed by atoms with Crippen molar-refractivity contribution in [2.45, 2.75) is 45.3 Å². The number of carbonyl (C=O) groups is 1. The first-order chi connectivity index (χ1) is 10.4. The lowest BCUT2D eigenvalue weighted by Gasteiger charge is -2.29. The Bertz CT molecular complexity index is 523. The van der Waals surface area contributed by atoms with E-state index in [9.17, 15) is 19.8 Å². The molecule has 0 aromatic carbocycles. The highest BCUT2D eigenvalue weighted by Gasteiger charge is 2.37. The minimum absolute atomic E-state index is 0.328. The third-order valence-electron chi connectivity index (χ3n) is 3.79. The molecule has 0 saturated heterocycles. The number of hydrogen-bond donors (Lipinski definition) is 1. The van der Waals surface area contributed by atoms with Crippen LogP contribution in [0.2, 0.25) is 0 Å². The fraction of sp³-hybridized carbons (Fsp3) is 0.571. The number of hydrogen-bond acceptors (Lipinski definition) is 6. The first kappa shape index (κ1) is 17.7. The summed E-state index contributed by atoms with van der Waals surface area (Å²) in [7, 11) is 0. The largest absolute Gasteiger partial charge is 0.346 e. The Hall–Kier alpha value is -2.38. The van der Waals surface area contributed by atoms with Gasteiger partial charge in [0, 0.05) is 30.2 Å². The molecule has 4 atom stereocenters. The molecule has 0 radical (unpaired) electrons. The third-order valence-corrected chi connectivity index (χ3v) is 3.79. The zero-order valence-corrected chi connectivity index (χ0v) is 12.8. The molecule has 0 spiro atoms. The summed E-state index contributed by atoms with van der Waals surface area (Å²) < 4.78 is 0. The number of amides is 1. The third kappa shape index (κ3) is 4.31. The summed E-state index contributed by atoms with van der Waals surface area (Å²) >= 11 is 0. The fourth-order valence-corrected chi connectivity index (χ4v) is 2.43. The molecule has 22 heavy (non-hydrogen) atoms. The van der Waals surface area contributed by atoms with Gasteiger partial charge >= 0.3 is 0 Å². The van der Waals surface area contributed by atoms with Gasteiger partial charge in [-0.15, -0.1) is 0 Å². The van der Waals surface area contributed by atoms with E-state index in [2.05, 4.69) is 15.5 Å². The topological polar surface area (TPSA) is 115 Å². The van der Waals surface area contributed by atoms with Crippen molar-refractivity contribution in [3.8, 4) is 0 Å². The second kappa shape index (κ2) is 8.16. The molecular weight excluding hydrogens is 288 g/mol. The van der Waals surface area contributed by atoms with Crippen LogP contribution in [0.4, 0.5) is 0 Å². The average Bonchev–Trinajstić information content (AvgIpc) is 2.54. The van der Waals surface area contributed by atoms with E-state index in [0.29, 0.717) is 12.0 Å². The van der Waals surface area contributed by atoms with Crippen LogP contribution in [0.1, 0.15) is 37.6 Å². The number of nitrogens with zero attached hydrogens (tertiary/aromatic N) is 3. The molecule has 1 amide bonds. The lowest BCUT2D eigenvalue weighted by molar-refractivity contribution is -0.528. The summed E-state index contributed by atoms with van der Waals surface area (Å²) in [5, 5.41) is 16.7. The van der Waals surface area contributed by atoms with Gasteiger partial charge in [0.05, 0.1) is 11.6 Å². The molecule has 0 aliphatic rings. The van der Waals surface area contributed by atoms with Crippen LogP contribution in [0.25, 0.3) is 0 Å². The van der Waals surface area contributed by atoms with E-state index in [1.807, 2.05) is 0 Å². The maximum atomic E-state index is 12.2. The predicted octanol–water partition coefficient (Wildman–Crippen LogP) is 2.03. The van der Waals surface area contributed by atoms with Crippen LogP contribution in [-0.2, 0) is 0 Å². The van der Waals surface area contributed by atoms with E-state index in [0.717, 1.165) is 0 Å². The number of nitroso groups, excluding NO2 is 1. The van der Waals surface area contributed by atoms with Crippen LogP contribution in [0.5, 0.6) is 0 Å². The molecule has 8 heteroatoms. The van der Waals surface area contributed by atoms with Crippen LogP contribution in [0.15, 0.2) is 29.7 Å². The van der Waals surface area contributed by atoms with E-state index in [1.165, 1.54) is 26.2 Å². The smallest absolute Gasteiger partial charge is 0.253 e. The molecule has 1 rings (SSSR count). The first-order valence-electron chi connectivity index (χ1n) is 7.09. The van der Waals surface area contributed by atoms with E-state index in [1.54, 1.807) is 19.1 Å². The van der Waals surface area contributed by atoms with Crippen molar-refractivity contribution in [1.82, 2.24) is 10.3 Å². The number of nitrogens with one attached hydrogen (secondary N) is 1. The van der Waals surface area contributed by atoms with Gasteiger partial charge in [-0.1, -0.05) is 12.1 Å². The van der Waals surface area contributed by atoms with Gasteiger partial charge in [-0.05, 0) is 25.5 Å². The summed E-state index contributed by atoms with van der Waals surface area (Å²) in [5.74, 6) is -0.925. The Kier molecular flexibility index (Phi) is 6.55. The number of rotatable bonds is 8. The zero-order chi connectivity index (χ0) is 16.7. The Morgan fingerprint density at radius 1 is 1.50 bits per heavy atom. The standard InChI is InChI=1S/C14H20N4O4/c1-4-12(10(3)18(21)22)13(9(2)17-20)16-14(19)11-6-5-7-15-8-11/h5-10,12-13H,4H2,1-3H3,(H,16,19). The fourth-order valence-electron chi connectivity index (χ4n) is 2.43. The minimum atomic E-state index is -0.895. The van der Waals surface area contributed by atoms with Gasteiger partial charge in [-0.25, -0.2) is 0 Å². The van der Waals surface area contributed by atoms with Crippen molar-refractivity contribution in [1.29, 1.82) is 0 Å². The molecule has 1 aromatic rings. The molecule has 4 unspecified atom stereocenters. The highest BCUT2D eigenvalue weighted by atomic mass is 16.6. The Labute approximate surface area is 128 Å². The number of aromatic nitrogens is 1. The maximum absolute atomic E-state index is 12.2. The second-order valence-corrected chi connectivity index (χ2v) is 5.19. The molecule has 120 valence electrons. The predicted molar refractivity (Wildman–Crippen MR) is 81.0 cm³/mol. The van der Waals surface area contributed by atoms with Gasteiger partial charge in [0.2, 0.25) is 6.04 Å². The van der Waals surface area contributed by atoms with Gasteiger partial charge in [-0.3, -0.25) is 19.9 Å². The SMILES string of the molecule is CCC(C(NC(=O)c1cccnc1)C(C)N=O)C(C)[N+](=O)[O-]. The van der Waals surface area contributed by atoms with Crippen molar-refractivity contribution in [2.24, 2.45) is 11.1 Å². The van der Waals surface area contributed by atoms with Crippen molar-refractivity contribution >= 4 is 5.91 Å². The van der Waals surface area contributed by atoms with E-state index in [-0.39, 0.29) is 0 Å². The minimum Gasteiger partial charge on any atom is -0.346 e. The summed E-state index contributed by atoms with van der Waals surface area (Å²) in [4.78, 5) is 37.6. The molecule has 0 fully saturated rings. The van der Waals surface area contributed by atoms with Crippen molar-refractivity contribution in [3.05, 3.63) is 45.1 Å². The molecular formula is C14H20N4O4. The van der Waals surface area contributed by atoms with Gasteiger partial charge in [0.15, 0.2) is 0 Å². The zero-order valence-electron chi connectivity index (χ0n) is 12.8. The van der Waals surface area contributed by atoms with Crippen LogP contribution < -0.4 is 5.32 Å². The molecule has 0 saturated carbocycles. The summed E-state index contributed by atoms with van der Waals surface area (Å²) in [6.45, 7) is 4.79.